The standard InChI is InChI=1S/C24H24N4O3S.2C23H24N4O2S.C23H23N3O2S.C23H21N3O2S/c1-16(29)27-9-11-28(12-10-27)21-5-3-2-4-19(21)25-23(30)20-15-32-24(26-20)18-6-7-22-17(14-18)8-13-31-22;1-15-13-27(10-9-24-15)20-5-3-2-4-18(20)25-22(28)19-14-30-23(26-19)17-6-7-21-16(12-17)8-11-29-21;1-15-13-24-9-10-27(15)20-5-3-2-4-18(20)25-22(28)19-14-30-23(26-19)17-6-7-21-16(12-17)8-11-29-21;2*27-22(25-19-4-2-1-3-18(19)15-7-10-24-11-8-15)20-14-29-23(26-20)17-5-6-21-16(13-17)9-12-28-21/h2-7,14-15H,8-13H2,1H3,(H,25,30);2*2-7,12,14-15,24H,8-11,13H2,1H3,(H,25,28);1-6,13-15,24H,7-12H2,(H,25,27);1-7,13-14,24H,8-12H2,(H,25,27). The number of rotatable bonds is 20. The van der Waals surface area contributed by atoms with Crippen molar-refractivity contribution in [1.82, 2.24) is 51.1 Å². The minimum atomic E-state index is -0.230. The summed E-state index contributed by atoms with van der Waals surface area (Å²) < 4.78 is 27.9. The van der Waals surface area contributed by atoms with Crippen LogP contribution in [0.5, 0.6) is 28.7 Å². The quantitative estimate of drug-likeness (QED) is 0.0342. The molecule has 150 heavy (non-hydrogen) atoms. The second kappa shape index (κ2) is 47.3. The number of thiazole rings is 5. The first-order valence-corrected chi connectivity index (χ1v) is 55.6. The number of ether oxygens (including phenoxy) is 5. The lowest BCUT2D eigenvalue weighted by atomic mass is 9.89. The normalized spacial score (nSPS) is 16.6. The molecule has 0 aliphatic carbocycles. The monoisotopic (exact) mass is 2100 g/mol. The summed E-state index contributed by atoms with van der Waals surface area (Å²) in [5.41, 5.74) is 24.0. The number of hydrogen-bond donors (Lipinski definition) is 9. The van der Waals surface area contributed by atoms with E-state index in [4.69, 9.17) is 23.7 Å². The fourth-order valence-corrected chi connectivity index (χ4v) is 24.1. The summed E-state index contributed by atoms with van der Waals surface area (Å²) in [4.78, 5) is 108. The number of anilines is 8. The second-order valence-electron chi connectivity index (χ2n) is 38.0. The van der Waals surface area contributed by atoms with E-state index in [1.165, 1.54) is 95.6 Å². The van der Waals surface area contributed by atoms with Crippen LogP contribution in [0.2, 0.25) is 0 Å². The summed E-state index contributed by atoms with van der Waals surface area (Å²) in [5, 5.41) is 42.2. The molecule has 6 amide bonds. The lowest BCUT2D eigenvalue weighted by molar-refractivity contribution is -0.129. The van der Waals surface area contributed by atoms with Gasteiger partial charge in [0, 0.05) is 195 Å². The van der Waals surface area contributed by atoms with Crippen LogP contribution >= 0.6 is 56.7 Å². The van der Waals surface area contributed by atoms with Gasteiger partial charge in [0.1, 0.15) is 82.3 Å². The highest BCUT2D eigenvalue weighted by molar-refractivity contribution is 7.14. The van der Waals surface area contributed by atoms with Crippen molar-refractivity contribution in [1.29, 1.82) is 0 Å². The molecule has 29 nitrogen and oxygen atoms in total. The van der Waals surface area contributed by atoms with E-state index >= 15 is 0 Å². The highest BCUT2D eigenvalue weighted by Crippen LogP contribution is 2.42. The van der Waals surface area contributed by atoms with E-state index in [1.54, 1.807) is 12.3 Å². The summed E-state index contributed by atoms with van der Waals surface area (Å²) in [5.74, 6) is 4.39. The summed E-state index contributed by atoms with van der Waals surface area (Å²) in [6.07, 6.45) is 9.92. The van der Waals surface area contributed by atoms with Crippen molar-refractivity contribution >= 4 is 143 Å². The molecule has 2 atom stereocenters. The van der Waals surface area contributed by atoms with E-state index in [1.807, 2.05) is 184 Å². The Balaban J connectivity index is 0.000000110. The van der Waals surface area contributed by atoms with Crippen LogP contribution < -0.4 is 86.2 Å². The van der Waals surface area contributed by atoms with Gasteiger partial charge in [-0.25, -0.2) is 24.9 Å². The highest BCUT2D eigenvalue weighted by Gasteiger charge is 2.31. The average Bonchev–Trinajstić information content (AvgIpc) is 1.73. The van der Waals surface area contributed by atoms with Crippen LogP contribution in [0.25, 0.3) is 58.4 Å². The zero-order valence-electron chi connectivity index (χ0n) is 83.6. The largest absolute Gasteiger partial charge is 0.493 e. The number of nitrogens with zero attached hydrogens (tertiary/aromatic N) is 9. The Bertz CT molecular complexity index is 7490. The van der Waals surface area contributed by atoms with Crippen molar-refractivity contribution in [3.05, 3.63) is 313 Å². The van der Waals surface area contributed by atoms with E-state index < -0.39 is 0 Å². The Hall–Kier alpha value is -14.9. The molecule has 766 valence electrons. The first-order valence-electron chi connectivity index (χ1n) is 51.2. The molecule has 9 N–H and O–H groups in total. The van der Waals surface area contributed by atoms with Gasteiger partial charge in [-0.3, -0.25) is 28.8 Å². The molecule has 0 radical (unpaired) electrons. The Labute approximate surface area is 890 Å². The van der Waals surface area contributed by atoms with Gasteiger partial charge in [0.2, 0.25) is 5.91 Å². The molecule has 0 spiro atoms. The first kappa shape index (κ1) is 101. The summed E-state index contributed by atoms with van der Waals surface area (Å²) in [6.45, 7) is 21.8. The fraction of sp³-hybridized carbons (Fsp3) is 0.284. The molecule has 15 aromatic rings. The molecule has 4 saturated heterocycles. The van der Waals surface area contributed by atoms with Crippen molar-refractivity contribution in [2.75, 3.05) is 166 Å². The molecule has 25 rings (SSSR count). The molecule has 15 heterocycles. The van der Waals surface area contributed by atoms with Crippen molar-refractivity contribution in [2.24, 2.45) is 0 Å². The first-order chi connectivity index (χ1) is 73.5. The van der Waals surface area contributed by atoms with Crippen LogP contribution in [0, 0.1) is 0 Å². The predicted molar refractivity (Wildman–Crippen MR) is 600 cm³/mol. The second-order valence-corrected chi connectivity index (χ2v) is 42.3. The van der Waals surface area contributed by atoms with Crippen LogP contribution in [0.15, 0.2) is 245 Å². The van der Waals surface area contributed by atoms with Gasteiger partial charge in [0.25, 0.3) is 29.5 Å². The van der Waals surface area contributed by atoms with Crippen molar-refractivity contribution in [3.63, 3.8) is 0 Å². The Morgan fingerprint density at radius 1 is 0.353 bits per heavy atom. The number of carbonyl (C=O) groups is 6. The maximum absolute atomic E-state index is 13.0. The summed E-state index contributed by atoms with van der Waals surface area (Å²) in [7, 11) is 0. The van der Waals surface area contributed by atoms with E-state index in [0.717, 1.165) is 289 Å². The van der Waals surface area contributed by atoms with Crippen LogP contribution in [-0.2, 0) is 36.9 Å². The van der Waals surface area contributed by atoms with Crippen LogP contribution in [0.1, 0.15) is 137 Å². The average molecular weight is 2100 g/mol. The van der Waals surface area contributed by atoms with E-state index in [9.17, 15) is 28.8 Å². The van der Waals surface area contributed by atoms with E-state index in [2.05, 4.69) is 162 Å². The molecule has 10 aliphatic rings. The minimum absolute atomic E-state index is 0.0986. The molecular weight excluding hydrogens is 1980 g/mol. The van der Waals surface area contributed by atoms with Crippen molar-refractivity contribution < 1.29 is 52.5 Å². The zero-order valence-corrected chi connectivity index (χ0v) is 87.6. The number of nitrogens with one attached hydrogen (secondary N) is 9. The van der Waals surface area contributed by atoms with Crippen LogP contribution in [0.4, 0.5) is 45.5 Å². The van der Waals surface area contributed by atoms with Gasteiger partial charge in [0.15, 0.2) is 0 Å². The van der Waals surface area contributed by atoms with Gasteiger partial charge in [-0.1, -0.05) is 78.9 Å². The molecule has 10 aromatic carbocycles. The molecule has 2 unspecified atom stereocenters. The molecule has 10 aliphatic heterocycles. The lowest BCUT2D eigenvalue weighted by Crippen LogP contribution is -2.50. The van der Waals surface area contributed by atoms with E-state index in [0.29, 0.717) is 66.2 Å². The van der Waals surface area contributed by atoms with Crippen molar-refractivity contribution in [2.45, 2.75) is 90.1 Å². The fourth-order valence-electron chi connectivity index (χ4n) is 20.1. The maximum atomic E-state index is 13.0. The van der Waals surface area contributed by atoms with Crippen LogP contribution in [0.3, 0.4) is 0 Å². The Morgan fingerprint density at radius 3 is 1.12 bits per heavy atom. The van der Waals surface area contributed by atoms with E-state index in [-0.39, 0.29) is 35.4 Å². The molecule has 5 aromatic heterocycles. The smallest absolute Gasteiger partial charge is 0.275 e. The molecule has 0 bridgehead atoms. The van der Waals surface area contributed by atoms with Crippen molar-refractivity contribution in [3.8, 4) is 81.6 Å². The van der Waals surface area contributed by atoms with Gasteiger partial charge in [-0.05, 0) is 237 Å². The summed E-state index contributed by atoms with van der Waals surface area (Å²) in [6, 6.07) is 71.1. The topological polar surface area (TPSA) is 334 Å². The van der Waals surface area contributed by atoms with Gasteiger partial charge >= 0.3 is 0 Å². The number of para-hydroxylation sites is 8. The molecular formula is C116H116N18O11S5. The van der Waals surface area contributed by atoms with Gasteiger partial charge in [0.05, 0.1) is 67.2 Å². The molecule has 34 heteroatoms. The third kappa shape index (κ3) is 24.0. The Morgan fingerprint density at radius 2 is 0.720 bits per heavy atom. The predicted octanol–water partition coefficient (Wildman–Crippen LogP) is 20.1. The molecule has 0 saturated carbocycles. The van der Waals surface area contributed by atoms with Crippen LogP contribution in [-0.4, -0.2) is 202 Å². The van der Waals surface area contributed by atoms with Gasteiger partial charge in [-0.2, -0.15) is 0 Å². The minimum Gasteiger partial charge on any atom is -0.493 e. The number of carbonyl (C=O) groups excluding carboxylic acids is 6. The van der Waals surface area contributed by atoms with Gasteiger partial charge < -0.3 is 91.1 Å². The maximum Gasteiger partial charge on any atom is 0.275 e. The third-order valence-corrected chi connectivity index (χ3v) is 32.4. The summed E-state index contributed by atoms with van der Waals surface area (Å²) >= 11 is 7.42. The number of piperazine rings is 3. The number of amides is 6. The highest BCUT2D eigenvalue weighted by atomic mass is 32.1. The van der Waals surface area contributed by atoms with Gasteiger partial charge in [-0.15, -0.1) is 56.7 Å². The number of piperidine rings is 1. The SMILES string of the molecule is CC(=O)N1CCN(c2ccccc2NC(=O)c2csc(-c3ccc4c(c3)CCO4)n2)CC1.CC1CN(c2ccccc2NC(=O)c2csc(-c3ccc4c(c3)CCO4)n2)CCN1.CC1CNCCN1c1ccccc1NC(=O)c1csc(-c2ccc3c(c2)CCO3)n1.O=C(Nc1ccccc1C1=CCNCC1)c1csc(-c2ccc3c(c2)CCO3)n1.O=C(Nc1ccccc1C1CCNCC1)c1csc(-c2ccc3c(c2)CCO3)n1. The number of hydrogen-bond acceptors (Lipinski definition) is 28. The third-order valence-electron chi connectivity index (χ3n) is 28.0. The molecule has 4 fully saturated rings. The number of fused-ring (bicyclic) bond motifs is 5. The Kier molecular flexibility index (Phi) is 31.9. The number of aromatic nitrogens is 5. The zero-order chi connectivity index (χ0) is 102. The number of benzene rings is 10. The lowest BCUT2D eigenvalue weighted by Gasteiger charge is -2.37.